The normalized spacial score (nSPS) is 21.7. The quantitative estimate of drug-likeness (QED) is 0.557. The molecule has 1 aromatic heterocycles. The highest BCUT2D eigenvalue weighted by molar-refractivity contribution is 5.91. The summed E-state index contributed by atoms with van der Waals surface area (Å²) >= 11 is 0. The van der Waals surface area contributed by atoms with E-state index in [1.54, 1.807) is 0 Å². The molecule has 138 valence electrons. The van der Waals surface area contributed by atoms with Crippen LogP contribution in [0.25, 0.3) is 10.9 Å². The molecule has 6 heteroatoms. The van der Waals surface area contributed by atoms with Crippen LogP contribution in [0.4, 0.5) is 0 Å². The number of aliphatic carboxylic acids is 2. The molecule has 0 radical (unpaired) electrons. The molecule has 0 unspecified atom stereocenters. The molecule has 0 saturated heterocycles. The van der Waals surface area contributed by atoms with E-state index >= 15 is 0 Å². The van der Waals surface area contributed by atoms with Gasteiger partial charge in [0.15, 0.2) is 5.54 Å². The standard InChI is InChI=1S/C21H20N2O4/c24-17(25)10-11-21(20(26)27)19-18(14-8-4-5-9-16(14)23-19)15(12-22-21)13-6-2-1-3-7-13/h1-9,15,22-23H,10-12H2,(H,24,25)(H,26,27)/t15-,21+/m1/s1. The third-order valence-electron chi connectivity index (χ3n) is 5.41. The maximum Gasteiger partial charge on any atom is 0.330 e. The number of hydrogen-bond donors (Lipinski definition) is 4. The van der Waals surface area contributed by atoms with Gasteiger partial charge in [-0.2, -0.15) is 0 Å². The van der Waals surface area contributed by atoms with E-state index in [2.05, 4.69) is 10.3 Å². The summed E-state index contributed by atoms with van der Waals surface area (Å²) in [6, 6.07) is 17.7. The molecule has 6 nitrogen and oxygen atoms in total. The lowest BCUT2D eigenvalue weighted by Gasteiger charge is -2.38. The number of H-pyrrole nitrogens is 1. The van der Waals surface area contributed by atoms with Gasteiger partial charge in [-0.05, 0) is 23.6 Å². The van der Waals surface area contributed by atoms with Crippen molar-refractivity contribution >= 4 is 22.8 Å². The van der Waals surface area contributed by atoms with Crippen molar-refractivity contribution in [1.29, 1.82) is 0 Å². The van der Waals surface area contributed by atoms with Gasteiger partial charge in [0.2, 0.25) is 0 Å². The molecule has 4 rings (SSSR count). The number of hydrogen-bond acceptors (Lipinski definition) is 3. The number of carbonyl (C=O) groups is 2. The maximum atomic E-state index is 12.3. The molecule has 0 fully saturated rings. The first-order valence-corrected chi connectivity index (χ1v) is 8.89. The lowest BCUT2D eigenvalue weighted by Crippen LogP contribution is -2.54. The number of nitrogens with one attached hydrogen (secondary N) is 2. The molecule has 27 heavy (non-hydrogen) atoms. The van der Waals surface area contributed by atoms with E-state index in [0.29, 0.717) is 12.2 Å². The van der Waals surface area contributed by atoms with Crippen molar-refractivity contribution in [3.05, 3.63) is 71.4 Å². The number of carboxylic acid groups (broad SMARTS) is 2. The minimum Gasteiger partial charge on any atom is -0.481 e. The van der Waals surface area contributed by atoms with E-state index in [9.17, 15) is 14.7 Å². The Labute approximate surface area is 155 Å². The molecule has 4 N–H and O–H groups in total. The predicted molar refractivity (Wildman–Crippen MR) is 101 cm³/mol. The fraction of sp³-hybridized carbons (Fsp3) is 0.238. The van der Waals surface area contributed by atoms with Crippen molar-refractivity contribution < 1.29 is 19.8 Å². The van der Waals surface area contributed by atoms with Crippen molar-refractivity contribution in [3.8, 4) is 0 Å². The van der Waals surface area contributed by atoms with Crippen LogP contribution in [0.3, 0.4) is 0 Å². The third kappa shape index (κ3) is 2.78. The summed E-state index contributed by atoms with van der Waals surface area (Å²) < 4.78 is 0. The Balaban J connectivity index is 1.94. The smallest absolute Gasteiger partial charge is 0.330 e. The minimum atomic E-state index is -1.45. The largest absolute Gasteiger partial charge is 0.481 e. The van der Waals surface area contributed by atoms with Gasteiger partial charge in [-0.3, -0.25) is 10.1 Å². The summed E-state index contributed by atoms with van der Waals surface area (Å²) in [5.41, 5.74) is 1.99. The van der Waals surface area contributed by atoms with Crippen LogP contribution < -0.4 is 5.32 Å². The zero-order valence-corrected chi connectivity index (χ0v) is 14.6. The molecule has 0 spiro atoms. The first kappa shape index (κ1) is 17.3. The summed E-state index contributed by atoms with van der Waals surface area (Å²) in [5, 5.41) is 23.3. The van der Waals surface area contributed by atoms with Gasteiger partial charge in [0.05, 0.1) is 5.69 Å². The first-order valence-electron chi connectivity index (χ1n) is 8.89. The number of aromatic nitrogens is 1. The summed E-state index contributed by atoms with van der Waals surface area (Å²) in [4.78, 5) is 26.7. The van der Waals surface area contributed by atoms with Crippen LogP contribution in [0.15, 0.2) is 54.6 Å². The number of para-hydroxylation sites is 1. The molecule has 2 aromatic carbocycles. The molecule has 0 saturated carbocycles. The highest BCUT2D eigenvalue weighted by Gasteiger charge is 2.48. The second kappa shape index (κ2) is 6.55. The maximum absolute atomic E-state index is 12.3. The molecular formula is C21H20N2O4. The highest BCUT2D eigenvalue weighted by Crippen LogP contribution is 2.43. The van der Waals surface area contributed by atoms with Crippen molar-refractivity contribution in [2.24, 2.45) is 0 Å². The molecular weight excluding hydrogens is 344 g/mol. The molecule has 2 heterocycles. The summed E-state index contributed by atoms with van der Waals surface area (Å²) in [7, 11) is 0. The monoisotopic (exact) mass is 364 g/mol. The van der Waals surface area contributed by atoms with Gasteiger partial charge in [0.1, 0.15) is 0 Å². The van der Waals surface area contributed by atoms with Gasteiger partial charge in [-0.25, -0.2) is 4.79 Å². The molecule has 1 aliphatic heterocycles. The number of rotatable bonds is 5. The first-order chi connectivity index (χ1) is 13.0. The van der Waals surface area contributed by atoms with Crippen molar-refractivity contribution in [2.45, 2.75) is 24.3 Å². The molecule has 0 amide bonds. The number of benzene rings is 2. The van der Waals surface area contributed by atoms with Crippen LogP contribution in [0.5, 0.6) is 0 Å². The van der Waals surface area contributed by atoms with Gasteiger partial charge in [-0.1, -0.05) is 48.5 Å². The Kier molecular flexibility index (Phi) is 4.20. The van der Waals surface area contributed by atoms with Crippen LogP contribution >= 0.6 is 0 Å². The fourth-order valence-electron chi connectivity index (χ4n) is 4.10. The van der Waals surface area contributed by atoms with Crippen LogP contribution in [-0.4, -0.2) is 33.7 Å². The summed E-state index contributed by atoms with van der Waals surface area (Å²) in [6.45, 7) is 0.421. The number of aromatic amines is 1. The van der Waals surface area contributed by atoms with Crippen LogP contribution in [-0.2, 0) is 15.1 Å². The Morgan fingerprint density at radius 1 is 1.04 bits per heavy atom. The lowest BCUT2D eigenvalue weighted by atomic mass is 9.77. The van der Waals surface area contributed by atoms with E-state index in [4.69, 9.17) is 5.11 Å². The van der Waals surface area contributed by atoms with E-state index in [1.165, 1.54) is 0 Å². The van der Waals surface area contributed by atoms with E-state index in [-0.39, 0.29) is 18.8 Å². The summed E-state index contributed by atoms with van der Waals surface area (Å²) in [5.74, 6) is -2.10. The predicted octanol–water partition coefficient (Wildman–Crippen LogP) is 3.05. The van der Waals surface area contributed by atoms with Crippen molar-refractivity contribution in [1.82, 2.24) is 10.3 Å². The fourth-order valence-corrected chi connectivity index (χ4v) is 4.10. The molecule has 0 aliphatic carbocycles. The second-order valence-corrected chi connectivity index (χ2v) is 6.91. The van der Waals surface area contributed by atoms with Crippen LogP contribution in [0, 0.1) is 0 Å². The zero-order valence-electron chi connectivity index (χ0n) is 14.6. The molecule has 1 aliphatic rings. The Morgan fingerprint density at radius 2 is 1.74 bits per heavy atom. The van der Waals surface area contributed by atoms with Gasteiger partial charge in [0.25, 0.3) is 0 Å². The SMILES string of the molecule is O=C(O)CC[C@]1(C(=O)O)NC[C@H](c2ccccc2)c2c1[nH]c1ccccc21. The third-order valence-corrected chi connectivity index (χ3v) is 5.41. The summed E-state index contributed by atoms with van der Waals surface area (Å²) in [6.07, 6.45) is -0.261. The Morgan fingerprint density at radius 3 is 2.44 bits per heavy atom. The number of carboxylic acids is 2. The van der Waals surface area contributed by atoms with E-state index in [0.717, 1.165) is 22.0 Å². The van der Waals surface area contributed by atoms with Gasteiger partial charge in [0, 0.05) is 29.8 Å². The average molecular weight is 364 g/mol. The molecule has 3 aromatic rings. The van der Waals surface area contributed by atoms with Gasteiger partial charge in [-0.15, -0.1) is 0 Å². The van der Waals surface area contributed by atoms with E-state index in [1.807, 2.05) is 54.6 Å². The van der Waals surface area contributed by atoms with E-state index < -0.39 is 17.5 Å². The van der Waals surface area contributed by atoms with Gasteiger partial charge < -0.3 is 15.2 Å². The zero-order chi connectivity index (χ0) is 19.0. The second-order valence-electron chi connectivity index (χ2n) is 6.91. The Hall–Kier alpha value is -3.12. The minimum absolute atomic E-state index is 0.0188. The van der Waals surface area contributed by atoms with Gasteiger partial charge >= 0.3 is 11.9 Å². The Bertz CT molecular complexity index is 1010. The molecule has 2 atom stereocenters. The van der Waals surface area contributed by atoms with Crippen molar-refractivity contribution in [2.75, 3.05) is 6.54 Å². The highest BCUT2D eigenvalue weighted by atomic mass is 16.4. The lowest BCUT2D eigenvalue weighted by molar-refractivity contribution is -0.147. The van der Waals surface area contributed by atoms with Crippen LogP contribution in [0.2, 0.25) is 0 Å². The van der Waals surface area contributed by atoms with Crippen molar-refractivity contribution in [3.63, 3.8) is 0 Å². The molecule has 0 bridgehead atoms. The topological polar surface area (TPSA) is 102 Å². The number of fused-ring (bicyclic) bond motifs is 3. The van der Waals surface area contributed by atoms with Crippen LogP contribution in [0.1, 0.15) is 35.6 Å². The average Bonchev–Trinajstić information content (AvgIpc) is 3.07.